The molecular formula is C20H32N4O2S2. The summed E-state index contributed by atoms with van der Waals surface area (Å²) in [7, 11) is -3.34. The van der Waals surface area contributed by atoms with Gasteiger partial charge in [0.25, 0.3) is 10.0 Å². The fourth-order valence-electron chi connectivity index (χ4n) is 4.59. The van der Waals surface area contributed by atoms with Crippen molar-refractivity contribution in [1.82, 2.24) is 14.5 Å². The van der Waals surface area contributed by atoms with Crippen LogP contribution < -0.4 is 5.32 Å². The van der Waals surface area contributed by atoms with E-state index in [9.17, 15) is 8.42 Å². The van der Waals surface area contributed by atoms with Crippen LogP contribution in [0.4, 0.5) is 0 Å². The van der Waals surface area contributed by atoms with E-state index >= 15 is 0 Å². The van der Waals surface area contributed by atoms with Gasteiger partial charge in [0.1, 0.15) is 4.21 Å². The van der Waals surface area contributed by atoms with Crippen LogP contribution in [0.5, 0.6) is 0 Å². The zero-order valence-corrected chi connectivity index (χ0v) is 18.5. The molecule has 3 fully saturated rings. The van der Waals surface area contributed by atoms with E-state index in [0.717, 1.165) is 49.7 Å². The van der Waals surface area contributed by atoms with Crippen LogP contribution >= 0.6 is 11.3 Å². The minimum absolute atomic E-state index is 0.458. The first kappa shape index (κ1) is 20.2. The lowest BCUT2D eigenvalue weighted by Crippen LogP contribution is -2.42. The normalized spacial score (nSPS) is 23.2. The number of piperidine rings is 1. The Bertz CT molecular complexity index is 808. The Morgan fingerprint density at radius 2 is 1.93 bits per heavy atom. The smallest absolute Gasteiger partial charge is 0.252 e. The molecule has 1 N–H and O–H groups in total. The molecular weight excluding hydrogens is 392 g/mol. The summed E-state index contributed by atoms with van der Waals surface area (Å²) in [6.07, 6.45) is 8.40. The van der Waals surface area contributed by atoms with Crippen LogP contribution in [-0.4, -0.2) is 56.3 Å². The van der Waals surface area contributed by atoms with Gasteiger partial charge in [0.2, 0.25) is 0 Å². The number of hydrogen-bond acceptors (Lipinski definition) is 4. The van der Waals surface area contributed by atoms with Crippen LogP contribution in [0.3, 0.4) is 0 Å². The van der Waals surface area contributed by atoms with Gasteiger partial charge in [-0.3, -0.25) is 0 Å². The number of likely N-dealkylation sites (tertiary alicyclic amines) is 1. The van der Waals surface area contributed by atoms with Crippen LogP contribution in [0.1, 0.15) is 56.7 Å². The van der Waals surface area contributed by atoms with Gasteiger partial charge in [0.15, 0.2) is 5.96 Å². The Hall–Kier alpha value is -1.12. The molecule has 0 radical (unpaired) electrons. The number of aliphatic imine (C=N–C) groups is 1. The molecule has 2 saturated heterocycles. The second-order valence-corrected chi connectivity index (χ2v) is 11.7. The molecule has 3 aliphatic rings. The van der Waals surface area contributed by atoms with Crippen molar-refractivity contribution in [1.29, 1.82) is 0 Å². The lowest BCUT2D eigenvalue weighted by Gasteiger charge is -2.38. The van der Waals surface area contributed by atoms with E-state index in [1.54, 1.807) is 10.4 Å². The number of hydrogen-bond donors (Lipinski definition) is 1. The first-order valence-corrected chi connectivity index (χ1v) is 12.9. The monoisotopic (exact) mass is 424 g/mol. The van der Waals surface area contributed by atoms with Gasteiger partial charge in [-0.15, -0.1) is 11.3 Å². The van der Waals surface area contributed by atoms with E-state index in [1.165, 1.54) is 37.0 Å². The molecule has 0 unspecified atom stereocenters. The van der Waals surface area contributed by atoms with E-state index in [0.29, 0.717) is 29.3 Å². The highest BCUT2D eigenvalue weighted by molar-refractivity contribution is 7.91. The van der Waals surface area contributed by atoms with Crippen LogP contribution in [0, 0.1) is 5.41 Å². The quantitative estimate of drug-likeness (QED) is 0.582. The van der Waals surface area contributed by atoms with Crippen molar-refractivity contribution < 1.29 is 8.42 Å². The molecule has 0 amide bonds. The average molecular weight is 425 g/mol. The third kappa shape index (κ3) is 4.09. The van der Waals surface area contributed by atoms with Gasteiger partial charge in [-0.25, -0.2) is 13.4 Å². The van der Waals surface area contributed by atoms with Crippen molar-refractivity contribution in [3.63, 3.8) is 0 Å². The summed E-state index contributed by atoms with van der Waals surface area (Å²) in [5.74, 6) is 0.972. The predicted octanol–water partition coefficient (Wildman–Crippen LogP) is 3.26. The van der Waals surface area contributed by atoms with Gasteiger partial charge in [0.05, 0.1) is 6.54 Å². The number of nitrogens with one attached hydrogen (secondary N) is 1. The molecule has 3 heterocycles. The molecule has 156 valence electrons. The third-order valence-electron chi connectivity index (χ3n) is 6.42. The summed E-state index contributed by atoms with van der Waals surface area (Å²) in [5, 5.41) is 3.42. The molecule has 1 aromatic heterocycles. The highest BCUT2D eigenvalue weighted by Gasteiger charge is 2.43. The van der Waals surface area contributed by atoms with Gasteiger partial charge < -0.3 is 10.2 Å². The maximum atomic E-state index is 12.8. The molecule has 1 aliphatic carbocycles. The van der Waals surface area contributed by atoms with Gasteiger partial charge in [-0.05, 0) is 56.6 Å². The highest BCUT2D eigenvalue weighted by Crippen LogP contribution is 2.47. The Labute approximate surface area is 173 Å². The second kappa shape index (κ2) is 8.32. The average Bonchev–Trinajstić information content (AvgIpc) is 3.33. The van der Waals surface area contributed by atoms with E-state index < -0.39 is 10.0 Å². The molecule has 0 bridgehead atoms. The maximum Gasteiger partial charge on any atom is 0.252 e. The zero-order chi connectivity index (χ0) is 19.6. The standard InChI is InChI=1S/C20H32N4O2S2/c1-2-21-19(23-14-11-20(16-23)9-6-10-20)22-15-17-7-8-18(27-17)28(25,26)24-12-4-3-5-13-24/h7-8H,2-6,9-16H2,1H3,(H,21,22). The van der Waals surface area contributed by atoms with Crippen LogP contribution in [-0.2, 0) is 16.6 Å². The number of sulfonamides is 1. The van der Waals surface area contributed by atoms with Crippen molar-refractivity contribution in [2.75, 3.05) is 32.7 Å². The fraction of sp³-hybridized carbons (Fsp3) is 0.750. The number of rotatable bonds is 5. The Kier molecular flexibility index (Phi) is 5.99. The minimum Gasteiger partial charge on any atom is -0.357 e. The van der Waals surface area contributed by atoms with Crippen molar-refractivity contribution in [3.05, 3.63) is 17.0 Å². The maximum absolute atomic E-state index is 12.8. The highest BCUT2D eigenvalue weighted by atomic mass is 32.2. The van der Waals surface area contributed by atoms with Gasteiger partial charge in [-0.2, -0.15) is 4.31 Å². The van der Waals surface area contributed by atoms with Gasteiger partial charge in [0, 0.05) is 37.6 Å². The summed E-state index contributed by atoms with van der Waals surface area (Å²) in [6.45, 7) is 6.96. The largest absolute Gasteiger partial charge is 0.357 e. The summed E-state index contributed by atoms with van der Waals surface area (Å²) < 4.78 is 27.8. The SMILES string of the molecule is CCNC(=NCc1ccc(S(=O)(=O)N2CCCCC2)s1)N1CCC2(CCC2)C1. The first-order chi connectivity index (χ1) is 13.5. The van der Waals surface area contributed by atoms with Crippen molar-refractivity contribution in [2.45, 2.75) is 62.6 Å². The fourth-order valence-corrected chi connectivity index (χ4v) is 7.55. The molecule has 4 rings (SSSR count). The molecule has 1 saturated carbocycles. The summed E-state index contributed by atoms with van der Waals surface area (Å²) >= 11 is 1.37. The topological polar surface area (TPSA) is 65.0 Å². The van der Waals surface area contributed by atoms with E-state index in [2.05, 4.69) is 17.1 Å². The van der Waals surface area contributed by atoms with Crippen molar-refractivity contribution >= 4 is 27.3 Å². The molecule has 28 heavy (non-hydrogen) atoms. The van der Waals surface area contributed by atoms with Gasteiger partial charge in [-0.1, -0.05) is 12.8 Å². The second-order valence-electron chi connectivity index (χ2n) is 8.38. The Morgan fingerprint density at radius 1 is 1.14 bits per heavy atom. The van der Waals surface area contributed by atoms with Crippen LogP contribution in [0.15, 0.2) is 21.3 Å². The molecule has 1 aromatic rings. The number of nitrogens with zero attached hydrogens (tertiary/aromatic N) is 3. The Balaban J connectivity index is 1.43. The van der Waals surface area contributed by atoms with Crippen molar-refractivity contribution in [3.8, 4) is 0 Å². The molecule has 0 atom stereocenters. The van der Waals surface area contributed by atoms with Crippen LogP contribution in [0.25, 0.3) is 0 Å². The molecule has 0 aromatic carbocycles. The third-order valence-corrected chi connectivity index (χ3v) is 9.85. The van der Waals surface area contributed by atoms with Crippen LogP contribution in [0.2, 0.25) is 0 Å². The summed E-state index contributed by atoms with van der Waals surface area (Å²) in [4.78, 5) is 8.22. The molecule has 6 nitrogen and oxygen atoms in total. The summed E-state index contributed by atoms with van der Waals surface area (Å²) in [6, 6.07) is 3.68. The zero-order valence-electron chi connectivity index (χ0n) is 16.8. The van der Waals surface area contributed by atoms with Crippen molar-refractivity contribution in [2.24, 2.45) is 10.4 Å². The lowest BCUT2D eigenvalue weighted by molar-refractivity contribution is 0.151. The predicted molar refractivity (Wildman–Crippen MR) is 114 cm³/mol. The van der Waals surface area contributed by atoms with E-state index in [-0.39, 0.29) is 0 Å². The number of thiophene rings is 1. The number of guanidine groups is 1. The first-order valence-electron chi connectivity index (χ1n) is 10.6. The Morgan fingerprint density at radius 3 is 2.57 bits per heavy atom. The van der Waals surface area contributed by atoms with E-state index in [4.69, 9.17) is 4.99 Å². The molecule has 2 aliphatic heterocycles. The minimum atomic E-state index is -3.34. The molecule has 8 heteroatoms. The summed E-state index contributed by atoms with van der Waals surface area (Å²) in [5.41, 5.74) is 0.537. The van der Waals surface area contributed by atoms with Gasteiger partial charge >= 0.3 is 0 Å². The lowest BCUT2D eigenvalue weighted by atomic mass is 9.68. The molecule has 1 spiro atoms. The van der Waals surface area contributed by atoms with E-state index in [1.807, 2.05) is 6.07 Å².